The second-order valence-corrected chi connectivity index (χ2v) is 8.53. The van der Waals surface area contributed by atoms with Gasteiger partial charge in [0.1, 0.15) is 38.5 Å². The number of ether oxygens (including phenoxy) is 1. The molecule has 2 fully saturated rings. The van der Waals surface area contributed by atoms with Gasteiger partial charge in [0.2, 0.25) is 0 Å². The van der Waals surface area contributed by atoms with Crippen molar-refractivity contribution in [3.8, 4) is 5.75 Å². The van der Waals surface area contributed by atoms with Gasteiger partial charge in [-0.05, 0) is 31.9 Å². The van der Waals surface area contributed by atoms with E-state index in [1.807, 2.05) is 18.2 Å². The summed E-state index contributed by atoms with van der Waals surface area (Å²) >= 11 is 0. The molecular formula is C24H33N3O2+2. The first-order chi connectivity index (χ1) is 14.1. The van der Waals surface area contributed by atoms with Gasteiger partial charge in [0, 0.05) is 17.2 Å². The van der Waals surface area contributed by atoms with Crippen LogP contribution in [-0.2, 0) is 11.3 Å². The van der Waals surface area contributed by atoms with Gasteiger partial charge in [0.05, 0.1) is 7.11 Å². The maximum absolute atomic E-state index is 13.0. The molecule has 2 aromatic carbocycles. The van der Waals surface area contributed by atoms with Gasteiger partial charge in [-0.15, -0.1) is 0 Å². The van der Waals surface area contributed by atoms with E-state index < -0.39 is 0 Å². The third-order valence-corrected chi connectivity index (χ3v) is 6.20. The molecule has 1 amide bonds. The SMILES string of the molecule is COc1ccc(C)cc1C[NH+]1CC[NH+]([C@@H](C(=O)NC2CC2)c2ccccc2)CC1. The Kier molecular flexibility index (Phi) is 6.16. The summed E-state index contributed by atoms with van der Waals surface area (Å²) in [7, 11) is 1.74. The number of carbonyl (C=O) groups is 1. The van der Waals surface area contributed by atoms with E-state index in [1.54, 1.807) is 12.0 Å². The molecule has 1 aliphatic heterocycles. The molecule has 29 heavy (non-hydrogen) atoms. The molecule has 1 atom stereocenters. The average molecular weight is 396 g/mol. The topological polar surface area (TPSA) is 47.2 Å². The van der Waals surface area contributed by atoms with Crippen molar-refractivity contribution in [1.29, 1.82) is 0 Å². The maximum Gasteiger partial charge on any atom is 0.283 e. The third-order valence-electron chi connectivity index (χ3n) is 6.20. The van der Waals surface area contributed by atoms with Crippen LogP contribution in [0.5, 0.6) is 5.75 Å². The van der Waals surface area contributed by atoms with Crippen LogP contribution in [0.4, 0.5) is 0 Å². The highest BCUT2D eigenvalue weighted by Gasteiger charge is 2.37. The highest BCUT2D eigenvalue weighted by molar-refractivity contribution is 5.82. The standard InChI is InChI=1S/C24H31N3O2/c1-18-8-11-22(29-2)20(16-18)17-26-12-14-27(15-13-26)23(19-6-4-3-5-7-19)24(28)25-21-9-10-21/h3-8,11,16,21,23H,9-10,12-15,17H2,1-2H3,(H,25,28)/p+2/t23-/m1/s1. The molecule has 1 saturated heterocycles. The van der Waals surface area contributed by atoms with Crippen molar-refractivity contribution in [2.75, 3.05) is 33.3 Å². The van der Waals surface area contributed by atoms with E-state index in [-0.39, 0.29) is 11.9 Å². The Labute approximate surface area is 173 Å². The minimum atomic E-state index is -0.105. The Hall–Kier alpha value is -2.37. The third kappa shape index (κ3) is 4.98. The summed E-state index contributed by atoms with van der Waals surface area (Å²) in [6.07, 6.45) is 2.25. The molecule has 0 spiro atoms. The fourth-order valence-corrected chi connectivity index (χ4v) is 4.44. The molecule has 0 unspecified atom stereocenters. The van der Waals surface area contributed by atoms with E-state index in [2.05, 4.69) is 42.6 Å². The van der Waals surface area contributed by atoms with E-state index in [0.29, 0.717) is 6.04 Å². The quantitative estimate of drug-likeness (QED) is 0.632. The fraction of sp³-hybridized carbons (Fsp3) is 0.458. The van der Waals surface area contributed by atoms with Crippen molar-refractivity contribution in [3.05, 3.63) is 65.2 Å². The molecule has 2 aliphatic rings. The van der Waals surface area contributed by atoms with Gasteiger partial charge in [-0.2, -0.15) is 0 Å². The number of rotatable bonds is 7. The molecule has 0 bridgehead atoms. The van der Waals surface area contributed by atoms with E-state index in [1.165, 1.54) is 16.0 Å². The largest absolute Gasteiger partial charge is 0.496 e. The Morgan fingerprint density at radius 2 is 1.83 bits per heavy atom. The number of aryl methyl sites for hydroxylation is 1. The lowest BCUT2D eigenvalue weighted by atomic mass is 10.0. The van der Waals surface area contributed by atoms with Crippen LogP contribution >= 0.6 is 0 Å². The molecular weight excluding hydrogens is 362 g/mol. The van der Waals surface area contributed by atoms with Crippen molar-refractivity contribution < 1.29 is 19.3 Å². The lowest BCUT2D eigenvalue weighted by molar-refractivity contribution is -1.03. The van der Waals surface area contributed by atoms with Crippen molar-refractivity contribution in [3.63, 3.8) is 0 Å². The highest BCUT2D eigenvalue weighted by Crippen LogP contribution is 2.21. The van der Waals surface area contributed by atoms with Gasteiger partial charge in [-0.1, -0.05) is 42.0 Å². The van der Waals surface area contributed by atoms with Gasteiger partial charge in [-0.3, -0.25) is 4.79 Å². The summed E-state index contributed by atoms with van der Waals surface area (Å²) in [5, 5.41) is 3.24. The van der Waals surface area contributed by atoms with Crippen LogP contribution in [0.25, 0.3) is 0 Å². The van der Waals surface area contributed by atoms with Crippen LogP contribution in [0.1, 0.15) is 35.6 Å². The van der Waals surface area contributed by atoms with Crippen LogP contribution in [0.3, 0.4) is 0 Å². The number of nitrogens with one attached hydrogen (secondary N) is 3. The number of piperazine rings is 1. The van der Waals surface area contributed by atoms with Crippen LogP contribution in [0.15, 0.2) is 48.5 Å². The lowest BCUT2D eigenvalue weighted by Crippen LogP contribution is -3.28. The summed E-state index contributed by atoms with van der Waals surface area (Å²) in [4.78, 5) is 16.0. The zero-order chi connectivity index (χ0) is 20.2. The van der Waals surface area contributed by atoms with Crippen molar-refractivity contribution in [1.82, 2.24) is 5.32 Å². The number of carbonyl (C=O) groups excluding carboxylic acids is 1. The van der Waals surface area contributed by atoms with Crippen LogP contribution < -0.4 is 19.9 Å². The average Bonchev–Trinajstić information content (AvgIpc) is 3.54. The lowest BCUT2D eigenvalue weighted by Gasteiger charge is -2.34. The number of quaternary nitrogens is 2. The molecule has 1 saturated carbocycles. The molecule has 1 aliphatic carbocycles. The second-order valence-electron chi connectivity index (χ2n) is 8.53. The predicted molar refractivity (Wildman–Crippen MR) is 113 cm³/mol. The zero-order valence-electron chi connectivity index (χ0n) is 17.5. The number of methoxy groups -OCH3 is 1. The monoisotopic (exact) mass is 395 g/mol. The fourth-order valence-electron chi connectivity index (χ4n) is 4.44. The van der Waals surface area contributed by atoms with Gasteiger partial charge >= 0.3 is 0 Å². The molecule has 4 rings (SSSR count). The molecule has 5 nitrogen and oxygen atoms in total. The summed E-state index contributed by atoms with van der Waals surface area (Å²) in [5.41, 5.74) is 3.67. The van der Waals surface area contributed by atoms with Crippen LogP contribution in [0.2, 0.25) is 0 Å². The highest BCUT2D eigenvalue weighted by atomic mass is 16.5. The minimum Gasteiger partial charge on any atom is -0.496 e. The number of hydrogen-bond donors (Lipinski definition) is 3. The Bertz CT molecular complexity index is 827. The van der Waals surface area contributed by atoms with Gasteiger partial charge in [0.15, 0.2) is 6.04 Å². The van der Waals surface area contributed by atoms with E-state index >= 15 is 0 Å². The minimum absolute atomic E-state index is 0.105. The summed E-state index contributed by atoms with van der Waals surface area (Å²) < 4.78 is 5.56. The van der Waals surface area contributed by atoms with E-state index in [9.17, 15) is 4.79 Å². The van der Waals surface area contributed by atoms with Gasteiger partial charge in [0.25, 0.3) is 5.91 Å². The normalized spacial score (nSPS) is 22.7. The van der Waals surface area contributed by atoms with Gasteiger partial charge < -0.3 is 19.9 Å². The van der Waals surface area contributed by atoms with Crippen molar-refractivity contribution in [2.24, 2.45) is 0 Å². The summed E-state index contributed by atoms with van der Waals surface area (Å²) in [6, 6.07) is 17.0. The second kappa shape index (κ2) is 8.97. The first-order valence-corrected chi connectivity index (χ1v) is 10.8. The molecule has 3 N–H and O–H groups in total. The number of hydrogen-bond acceptors (Lipinski definition) is 2. The zero-order valence-corrected chi connectivity index (χ0v) is 17.5. The summed E-state index contributed by atoms with van der Waals surface area (Å²) in [6.45, 7) is 7.23. The molecule has 0 aromatic heterocycles. The molecule has 5 heteroatoms. The van der Waals surface area contributed by atoms with Crippen molar-refractivity contribution >= 4 is 5.91 Å². The number of benzene rings is 2. The molecule has 2 aromatic rings. The molecule has 154 valence electrons. The maximum atomic E-state index is 13.0. The van der Waals surface area contributed by atoms with Crippen molar-refractivity contribution in [2.45, 2.75) is 38.4 Å². The predicted octanol–water partition coefficient (Wildman–Crippen LogP) is 0.307. The Balaban J connectivity index is 1.42. The van der Waals surface area contributed by atoms with Gasteiger partial charge in [-0.25, -0.2) is 0 Å². The number of amides is 1. The first kappa shape index (κ1) is 19.9. The molecule has 0 radical (unpaired) electrons. The first-order valence-electron chi connectivity index (χ1n) is 10.8. The Morgan fingerprint density at radius 1 is 1.10 bits per heavy atom. The summed E-state index contributed by atoms with van der Waals surface area (Å²) in [5.74, 6) is 1.17. The van der Waals surface area contributed by atoms with Crippen LogP contribution in [0, 0.1) is 6.92 Å². The van der Waals surface area contributed by atoms with E-state index in [4.69, 9.17) is 4.74 Å². The Morgan fingerprint density at radius 3 is 2.48 bits per heavy atom. The smallest absolute Gasteiger partial charge is 0.283 e. The van der Waals surface area contributed by atoms with Crippen LogP contribution in [-0.4, -0.2) is 45.2 Å². The van der Waals surface area contributed by atoms with E-state index in [0.717, 1.165) is 56.9 Å². The molecule has 1 heterocycles.